The Morgan fingerprint density at radius 2 is 1.20 bits per heavy atom. The SMILES string of the molecule is O=C(/C(=C\C(=C\c1ccccc1)c1ccccc1)c1ccccc1)N1CCCCC1. The number of hydrogen-bond acceptors (Lipinski definition) is 1. The van der Waals surface area contributed by atoms with Gasteiger partial charge in [0.1, 0.15) is 0 Å². The number of likely N-dealkylation sites (tertiary alicyclic amines) is 1. The van der Waals surface area contributed by atoms with Gasteiger partial charge in [-0.2, -0.15) is 0 Å². The van der Waals surface area contributed by atoms with Gasteiger partial charge in [-0.1, -0.05) is 91.0 Å². The number of hydrogen-bond donors (Lipinski definition) is 0. The lowest BCUT2D eigenvalue weighted by atomic mass is 9.95. The lowest BCUT2D eigenvalue weighted by molar-refractivity contribution is -0.125. The lowest BCUT2D eigenvalue weighted by Crippen LogP contribution is -2.36. The molecule has 0 aromatic heterocycles. The highest BCUT2D eigenvalue weighted by Gasteiger charge is 2.22. The molecule has 0 aliphatic carbocycles. The molecule has 0 saturated carbocycles. The number of carbonyl (C=O) groups is 1. The van der Waals surface area contributed by atoms with Gasteiger partial charge in [-0.3, -0.25) is 4.79 Å². The average molecular weight is 394 g/mol. The molecule has 0 radical (unpaired) electrons. The molecule has 150 valence electrons. The molecule has 1 fully saturated rings. The van der Waals surface area contributed by atoms with Crippen molar-refractivity contribution in [2.24, 2.45) is 0 Å². The normalized spacial score (nSPS) is 15.1. The first-order chi connectivity index (χ1) is 14.8. The molecule has 1 heterocycles. The van der Waals surface area contributed by atoms with Crippen LogP contribution < -0.4 is 0 Å². The van der Waals surface area contributed by atoms with Crippen LogP contribution in [-0.2, 0) is 4.79 Å². The average Bonchev–Trinajstić information content (AvgIpc) is 2.83. The number of nitrogens with zero attached hydrogens (tertiary/aromatic N) is 1. The molecule has 1 aliphatic rings. The Labute approximate surface area is 179 Å². The predicted octanol–water partition coefficient (Wildman–Crippen LogP) is 6.32. The van der Waals surface area contributed by atoms with E-state index in [0.717, 1.165) is 53.8 Å². The summed E-state index contributed by atoms with van der Waals surface area (Å²) >= 11 is 0. The second kappa shape index (κ2) is 9.89. The topological polar surface area (TPSA) is 20.3 Å². The molecule has 2 nitrogen and oxygen atoms in total. The van der Waals surface area contributed by atoms with Crippen molar-refractivity contribution < 1.29 is 4.79 Å². The van der Waals surface area contributed by atoms with E-state index in [4.69, 9.17) is 0 Å². The van der Waals surface area contributed by atoms with E-state index in [-0.39, 0.29) is 5.91 Å². The second-order valence-electron chi connectivity index (χ2n) is 7.65. The molecular formula is C28H27NO. The molecule has 2 heteroatoms. The van der Waals surface area contributed by atoms with Crippen LogP contribution in [0.3, 0.4) is 0 Å². The number of amides is 1. The second-order valence-corrected chi connectivity index (χ2v) is 7.65. The first-order valence-electron chi connectivity index (χ1n) is 10.7. The molecule has 0 bridgehead atoms. The third-order valence-corrected chi connectivity index (χ3v) is 5.49. The molecular weight excluding hydrogens is 366 g/mol. The monoisotopic (exact) mass is 393 g/mol. The summed E-state index contributed by atoms with van der Waals surface area (Å²) in [5.74, 6) is 0.121. The predicted molar refractivity (Wildman–Crippen MR) is 126 cm³/mol. The summed E-state index contributed by atoms with van der Waals surface area (Å²) < 4.78 is 0. The van der Waals surface area contributed by atoms with Gasteiger partial charge in [0, 0.05) is 18.7 Å². The molecule has 1 saturated heterocycles. The van der Waals surface area contributed by atoms with Crippen LogP contribution in [0.5, 0.6) is 0 Å². The van der Waals surface area contributed by atoms with Crippen LogP contribution in [0.1, 0.15) is 36.0 Å². The molecule has 30 heavy (non-hydrogen) atoms. The van der Waals surface area contributed by atoms with E-state index in [1.54, 1.807) is 0 Å². The summed E-state index contributed by atoms with van der Waals surface area (Å²) in [6.45, 7) is 1.68. The lowest BCUT2D eigenvalue weighted by Gasteiger charge is -2.28. The molecule has 4 rings (SSSR count). The molecule has 0 unspecified atom stereocenters. The molecule has 0 atom stereocenters. The Balaban J connectivity index is 1.82. The van der Waals surface area contributed by atoms with Gasteiger partial charge in [-0.15, -0.1) is 0 Å². The van der Waals surface area contributed by atoms with Crippen molar-refractivity contribution in [3.63, 3.8) is 0 Å². The Hall–Kier alpha value is -3.39. The standard InChI is InChI=1S/C28H27NO/c30-28(29-19-11-4-12-20-29)27(25-17-9-3-10-18-25)22-26(24-15-7-2-8-16-24)21-23-13-5-1-6-14-23/h1-3,5-10,13-18,21-22H,4,11-12,19-20H2/b26-21-,27-22-. The molecule has 3 aromatic carbocycles. The fourth-order valence-electron chi connectivity index (χ4n) is 3.88. The van der Waals surface area contributed by atoms with E-state index >= 15 is 0 Å². The molecule has 1 aliphatic heterocycles. The van der Waals surface area contributed by atoms with Crippen LogP contribution in [0.4, 0.5) is 0 Å². The van der Waals surface area contributed by atoms with Gasteiger partial charge in [-0.25, -0.2) is 0 Å². The fraction of sp³-hybridized carbons (Fsp3) is 0.179. The summed E-state index contributed by atoms with van der Waals surface area (Å²) in [5.41, 5.74) is 4.96. The zero-order valence-electron chi connectivity index (χ0n) is 17.2. The third kappa shape index (κ3) is 4.96. The van der Waals surface area contributed by atoms with E-state index in [1.165, 1.54) is 6.42 Å². The van der Waals surface area contributed by atoms with Gasteiger partial charge < -0.3 is 4.90 Å². The molecule has 3 aromatic rings. The Morgan fingerprint density at radius 3 is 1.80 bits per heavy atom. The molecule has 1 amide bonds. The van der Waals surface area contributed by atoms with Crippen LogP contribution in [-0.4, -0.2) is 23.9 Å². The number of piperidine rings is 1. The van der Waals surface area contributed by atoms with Crippen molar-refractivity contribution in [3.8, 4) is 0 Å². The van der Waals surface area contributed by atoms with E-state index < -0.39 is 0 Å². The molecule has 0 N–H and O–H groups in total. The van der Waals surface area contributed by atoms with Crippen molar-refractivity contribution in [1.82, 2.24) is 4.90 Å². The maximum Gasteiger partial charge on any atom is 0.254 e. The minimum atomic E-state index is 0.121. The smallest absolute Gasteiger partial charge is 0.254 e. The number of benzene rings is 3. The van der Waals surface area contributed by atoms with Crippen LogP contribution >= 0.6 is 0 Å². The summed E-state index contributed by atoms with van der Waals surface area (Å²) in [5, 5.41) is 0. The highest BCUT2D eigenvalue weighted by atomic mass is 16.2. The van der Waals surface area contributed by atoms with Crippen molar-refractivity contribution in [2.75, 3.05) is 13.1 Å². The van der Waals surface area contributed by atoms with Crippen molar-refractivity contribution in [3.05, 3.63) is 114 Å². The van der Waals surface area contributed by atoms with Gasteiger partial charge in [0.2, 0.25) is 0 Å². The van der Waals surface area contributed by atoms with Gasteiger partial charge in [0.15, 0.2) is 0 Å². The van der Waals surface area contributed by atoms with E-state index in [1.807, 2.05) is 71.6 Å². The van der Waals surface area contributed by atoms with Crippen molar-refractivity contribution in [1.29, 1.82) is 0 Å². The van der Waals surface area contributed by atoms with E-state index in [2.05, 4.69) is 36.4 Å². The van der Waals surface area contributed by atoms with Crippen LogP contribution in [0.15, 0.2) is 97.1 Å². The Morgan fingerprint density at radius 1 is 0.667 bits per heavy atom. The summed E-state index contributed by atoms with van der Waals surface area (Å²) in [7, 11) is 0. The minimum absolute atomic E-state index is 0.121. The summed E-state index contributed by atoms with van der Waals surface area (Å²) in [6.07, 6.45) is 7.59. The van der Waals surface area contributed by atoms with Gasteiger partial charge in [0.05, 0.1) is 0 Å². The van der Waals surface area contributed by atoms with Gasteiger partial charge in [0.25, 0.3) is 5.91 Å². The Bertz CT molecular complexity index is 1010. The number of rotatable bonds is 5. The van der Waals surface area contributed by atoms with Crippen molar-refractivity contribution in [2.45, 2.75) is 19.3 Å². The number of carbonyl (C=O) groups excluding carboxylic acids is 1. The van der Waals surface area contributed by atoms with Gasteiger partial charge in [-0.05, 0) is 53.7 Å². The van der Waals surface area contributed by atoms with E-state index in [9.17, 15) is 4.79 Å². The maximum atomic E-state index is 13.5. The third-order valence-electron chi connectivity index (χ3n) is 5.49. The van der Waals surface area contributed by atoms with Crippen molar-refractivity contribution >= 4 is 23.1 Å². The van der Waals surface area contributed by atoms with Gasteiger partial charge >= 0.3 is 0 Å². The first-order valence-corrected chi connectivity index (χ1v) is 10.7. The highest BCUT2D eigenvalue weighted by molar-refractivity contribution is 6.22. The number of allylic oxidation sites excluding steroid dienone is 2. The summed E-state index contributed by atoms with van der Waals surface area (Å²) in [4.78, 5) is 15.6. The zero-order valence-corrected chi connectivity index (χ0v) is 17.2. The largest absolute Gasteiger partial charge is 0.339 e. The highest BCUT2D eigenvalue weighted by Crippen LogP contribution is 2.27. The van der Waals surface area contributed by atoms with Crippen LogP contribution in [0.2, 0.25) is 0 Å². The maximum absolute atomic E-state index is 13.5. The minimum Gasteiger partial charge on any atom is -0.339 e. The quantitative estimate of drug-likeness (QED) is 0.282. The van der Waals surface area contributed by atoms with Crippen LogP contribution in [0, 0.1) is 0 Å². The first kappa shape index (κ1) is 19.9. The van der Waals surface area contributed by atoms with Crippen LogP contribution in [0.25, 0.3) is 17.2 Å². The zero-order chi connectivity index (χ0) is 20.6. The summed E-state index contributed by atoms with van der Waals surface area (Å²) in [6, 6.07) is 30.6. The van der Waals surface area contributed by atoms with E-state index in [0.29, 0.717) is 0 Å². The Kier molecular flexibility index (Phi) is 6.56. The molecule has 0 spiro atoms. The fourth-order valence-corrected chi connectivity index (χ4v) is 3.88.